The second kappa shape index (κ2) is 8.63. The average Bonchev–Trinajstić information content (AvgIpc) is 2.71. The molecule has 4 heteroatoms. The van der Waals surface area contributed by atoms with Gasteiger partial charge in [0, 0.05) is 0 Å². The molecule has 3 aromatic rings. The fraction of sp³-hybridized carbons (Fsp3) is 0.269. The lowest BCUT2D eigenvalue weighted by atomic mass is 9.70. The third-order valence-electron chi connectivity index (χ3n) is 5.21. The molecule has 0 aliphatic rings. The number of hydrogen-bond donors (Lipinski definition) is 0. The highest BCUT2D eigenvalue weighted by atomic mass is 28.4. The Morgan fingerprint density at radius 2 is 0.867 bits per heavy atom. The monoisotopic (exact) mass is 429 g/mol. The minimum atomic E-state index is -1.66. The molecule has 3 aromatic carbocycles. The molecule has 0 amide bonds. The van der Waals surface area contributed by atoms with Crippen LogP contribution in [0.2, 0.25) is 39.3 Å². The molecule has 0 N–H and O–H groups in total. The predicted octanol–water partition coefficient (Wildman–Crippen LogP) is 7.24. The lowest BCUT2D eigenvalue weighted by Crippen LogP contribution is -2.55. The van der Waals surface area contributed by atoms with Gasteiger partial charge in [0.05, 0.1) is 4.95 Å². The van der Waals surface area contributed by atoms with E-state index in [4.69, 9.17) is 4.95 Å². The van der Waals surface area contributed by atoms with E-state index in [1.807, 2.05) is 0 Å². The molecule has 0 radical (unpaired) electrons. The number of nitrogens with zero attached hydrogens (tertiary/aromatic N) is 2. The molecule has 0 aromatic heterocycles. The van der Waals surface area contributed by atoms with Crippen LogP contribution in [-0.2, 0) is 5.41 Å². The molecule has 0 saturated heterocycles. The number of benzene rings is 3. The molecule has 0 bridgehead atoms. The van der Waals surface area contributed by atoms with E-state index in [0.717, 1.165) is 0 Å². The van der Waals surface area contributed by atoms with E-state index in [1.165, 1.54) is 16.7 Å². The van der Waals surface area contributed by atoms with Crippen molar-refractivity contribution in [2.45, 2.75) is 44.7 Å². The first-order valence-corrected chi connectivity index (χ1v) is 17.5. The Bertz CT molecular complexity index is 898. The summed E-state index contributed by atoms with van der Waals surface area (Å²) in [6.45, 7) is 14.2. The average molecular weight is 430 g/mol. The first kappa shape index (κ1) is 22.1. The SMILES string of the molecule is C[Si](C)(C)N([N+]#CC(c1ccccc1)(c1ccccc1)c1ccccc1)[Si](C)(C)C. The smallest absolute Gasteiger partial charge is 0.148 e. The normalized spacial score (nSPS) is 12.1. The summed E-state index contributed by atoms with van der Waals surface area (Å²) in [4.78, 5) is 5.17. The van der Waals surface area contributed by atoms with Gasteiger partial charge in [0.15, 0.2) is 5.41 Å². The summed E-state index contributed by atoms with van der Waals surface area (Å²) in [6.07, 6.45) is 0. The second-order valence-corrected chi connectivity index (χ2v) is 19.7. The Labute approximate surface area is 184 Å². The first-order valence-electron chi connectivity index (χ1n) is 10.6. The summed E-state index contributed by atoms with van der Waals surface area (Å²) in [5.41, 5.74) is 2.97. The maximum absolute atomic E-state index is 5.17. The summed E-state index contributed by atoms with van der Waals surface area (Å²) in [7, 11) is -3.32. The number of hydrogen-bond acceptors (Lipinski definition) is 1. The largest absolute Gasteiger partial charge is 0.338 e. The van der Waals surface area contributed by atoms with Crippen LogP contribution in [0.15, 0.2) is 91.0 Å². The fourth-order valence-corrected chi connectivity index (χ4v) is 12.9. The molecule has 154 valence electrons. The van der Waals surface area contributed by atoms with E-state index in [9.17, 15) is 0 Å². The van der Waals surface area contributed by atoms with Crippen LogP contribution in [0.25, 0.3) is 4.95 Å². The van der Waals surface area contributed by atoms with Crippen molar-refractivity contribution in [1.29, 1.82) is 0 Å². The van der Waals surface area contributed by atoms with Gasteiger partial charge in [-0.15, -0.1) is 4.34 Å². The van der Waals surface area contributed by atoms with Gasteiger partial charge >= 0.3 is 6.07 Å². The first-order chi connectivity index (χ1) is 14.2. The minimum absolute atomic E-state index is 0.568. The molecule has 30 heavy (non-hydrogen) atoms. The van der Waals surface area contributed by atoms with Crippen LogP contribution in [0.3, 0.4) is 0 Å². The number of rotatable bonds is 5. The third kappa shape index (κ3) is 4.58. The van der Waals surface area contributed by atoms with Crippen LogP contribution < -0.4 is 0 Å². The standard InChI is InChI=1S/C26H33N2Si2/c1-29(2,3)28(30(4,5)6)27-22-26(23-16-10-7-11-17-23,24-18-12-8-13-19-24)25-20-14-9-15-21-25/h7-21H,1-6H3/q+1. The van der Waals surface area contributed by atoms with E-state index < -0.39 is 21.9 Å². The van der Waals surface area contributed by atoms with Crippen LogP contribution in [0, 0.1) is 6.07 Å². The van der Waals surface area contributed by atoms with Gasteiger partial charge < -0.3 is 0 Å². The Hall–Kier alpha value is -2.62. The van der Waals surface area contributed by atoms with Gasteiger partial charge in [-0.1, -0.05) is 91.0 Å². The summed E-state index contributed by atoms with van der Waals surface area (Å²) in [5, 5.41) is 0. The Kier molecular flexibility index (Phi) is 6.35. The van der Waals surface area contributed by atoms with Gasteiger partial charge in [0.25, 0.3) is 0 Å². The van der Waals surface area contributed by atoms with Crippen molar-refractivity contribution in [3.05, 3.63) is 113 Å². The summed E-state index contributed by atoms with van der Waals surface area (Å²) < 4.78 is 2.43. The van der Waals surface area contributed by atoms with E-state index in [-0.39, 0.29) is 0 Å². The van der Waals surface area contributed by atoms with E-state index >= 15 is 0 Å². The lowest BCUT2D eigenvalue weighted by molar-refractivity contribution is 0.774. The third-order valence-corrected chi connectivity index (χ3v) is 12.0. The summed E-state index contributed by atoms with van der Waals surface area (Å²) in [5.74, 6) is 0. The van der Waals surface area contributed by atoms with Crippen molar-refractivity contribution in [3.63, 3.8) is 0 Å². The van der Waals surface area contributed by atoms with Crippen LogP contribution >= 0.6 is 0 Å². The van der Waals surface area contributed by atoms with Crippen LogP contribution in [0.4, 0.5) is 0 Å². The highest BCUT2D eigenvalue weighted by Crippen LogP contribution is 2.39. The van der Waals surface area contributed by atoms with Crippen molar-refractivity contribution in [2.75, 3.05) is 0 Å². The lowest BCUT2D eigenvalue weighted by Gasteiger charge is -2.30. The van der Waals surface area contributed by atoms with Crippen LogP contribution in [0.5, 0.6) is 0 Å². The van der Waals surface area contributed by atoms with Gasteiger partial charge in [0.1, 0.15) is 0 Å². The minimum Gasteiger partial charge on any atom is -0.148 e. The molecule has 0 unspecified atom stereocenters. The van der Waals surface area contributed by atoms with E-state index in [2.05, 4.69) is 141 Å². The van der Waals surface area contributed by atoms with Gasteiger partial charge in [-0.3, -0.25) is 0 Å². The Morgan fingerprint density at radius 1 is 0.567 bits per heavy atom. The van der Waals surface area contributed by atoms with E-state index in [1.54, 1.807) is 0 Å². The van der Waals surface area contributed by atoms with E-state index in [0.29, 0.717) is 0 Å². The zero-order valence-corrected chi connectivity index (χ0v) is 21.1. The maximum atomic E-state index is 5.17. The molecule has 0 aliphatic carbocycles. The highest BCUT2D eigenvalue weighted by molar-refractivity contribution is 6.89. The summed E-state index contributed by atoms with van der Waals surface area (Å²) in [6, 6.07) is 35.7. The van der Waals surface area contributed by atoms with Gasteiger partial charge in [0.2, 0.25) is 16.5 Å². The molecule has 0 heterocycles. The molecule has 2 nitrogen and oxygen atoms in total. The molecule has 0 spiro atoms. The quantitative estimate of drug-likeness (QED) is 0.236. The molecule has 0 aliphatic heterocycles. The van der Waals surface area contributed by atoms with Crippen molar-refractivity contribution < 1.29 is 0 Å². The summed E-state index contributed by atoms with van der Waals surface area (Å²) >= 11 is 0. The van der Waals surface area contributed by atoms with Crippen molar-refractivity contribution in [3.8, 4) is 6.07 Å². The topological polar surface area (TPSA) is 7.60 Å². The van der Waals surface area contributed by atoms with Gasteiger partial charge in [-0.05, 0) is 56.0 Å². The zero-order chi connectivity index (χ0) is 21.8. The predicted molar refractivity (Wildman–Crippen MR) is 135 cm³/mol. The van der Waals surface area contributed by atoms with Gasteiger partial charge in [-0.25, -0.2) is 0 Å². The van der Waals surface area contributed by atoms with Crippen LogP contribution in [0.1, 0.15) is 16.7 Å². The molecule has 0 saturated carbocycles. The Balaban J connectivity index is 2.36. The molecule has 3 rings (SSSR count). The fourth-order valence-electron chi connectivity index (χ4n) is 4.19. The van der Waals surface area contributed by atoms with Crippen molar-refractivity contribution >= 4 is 16.5 Å². The molecular weight excluding hydrogens is 396 g/mol. The molecule has 0 atom stereocenters. The van der Waals surface area contributed by atoms with Crippen molar-refractivity contribution in [1.82, 2.24) is 4.34 Å². The maximum Gasteiger partial charge on any atom is 0.338 e. The zero-order valence-electron chi connectivity index (χ0n) is 19.1. The van der Waals surface area contributed by atoms with Crippen LogP contribution in [-0.4, -0.2) is 20.8 Å². The highest BCUT2D eigenvalue weighted by Gasteiger charge is 2.45. The second-order valence-electron chi connectivity index (χ2n) is 9.71. The molecule has 0 fully saturated rings. The van der Waals surface area contributed by atoms with Gasteiger partial charge in [-0.2, -0.15) is 0 Å². The van der Waals surface area contributed by atoms with Crippen molar-refractivity contribution in [2.24, 2.45) is 0 Å². The molecular formula is C26H33N2Si2+. The Morgan fingerprint density at radius 3 is 1.13 bits per heavy atom.